The highest BCUT2D eigenvalue weighted by Crippen LogP contribution is 2.44. The number of anilines is 2. The van der Waals surface area contributed by atoms with Crippen molar-refractivity contribution >= 4 is 57.8 Å². The van der Waals surface area contributed by atoms with Crippen LogP contribution in [0.5, 0.6) is 0 Å². The van der Waals surface area contributed by atoms with Crippen molar-refractivity contribution in [2.45, 2.75) is 63.0 Å². The molecule has 4 aliphatic rings. The molecule has 4 atom stereocenters. The summed E-state index contributed by atoms with van der Waals surface area (Å²) in [4.78, 5) is 62.3. The minimum atomic E-state index is -4.73. The van der Waals surface area contributed by atoms with E-state index in [4.69, 9.17) is 13.1 Å². The molecule has 0 bridgehead atoms. The number of hydrogen-bond acceptors (Lipinski definition) is 4. The number of carbonyl (C=O) groups excluding carboxylic acids is 4. The van der Waals surface area contributed by atoms with E-state index in [1.807, 2.05) is 31.2 Å². The maximum atomic E-state index is 14.5. The average molecular weight is 891 g/mol. The lowest BCUT2D eigenvalue weighted by molar-refractivity contribution is -0.136. The van der Waals surface area contributed by atoms with E-state index in [-0.39, 0.29) is 34.9 Å². The Kier molecular flexibility index (Phi) is 12.5. The number of urea groups is 2. The van der Waals surface area contributed by atoms with Gasteiger partial charge >= 0.3 is 18.2 Å². The number of nitrogens with zero attached hydrogens (tertiary/aromatic N) is 6. The summed E-state index contributed by atoms with van der Waals surface area (Å²) >= 11 is 0. The predicted molar refractivity (Wildman–Crippen MR) is 236 cm³/mol. The van der Waals surface area contributed by atoms with Crippen molar-refractivity contribution in [2.75, 3.05) is 38.0 Å². The van der Waals surface area contributed by atoms with Crippen LogP contribution < -0.4 is 20.4 Å². The zero-order valence-corrected chi connectivity index (χ0v) is 35.9. The van der Waals surface area contributed by atoms with Gasteiger partial charge in [0.15, 0.2) is 11.4 Å². The number of aryl methyl sites for hydroxylation is 1. The van der Waals surface area contributed by atoms with Gasteiger partial charge in [0.25, 0.3) is 11.8 Å². The molecule has 2 heterocycles. The van der Waals surface area contributed by atoms with Crippen LogP contribution in [0.3, 0.4) is 0 Å². The maximum Gasteiger partial charge on any atom is 0.407 e. The van der Waals surface area contributed by atoms with Crippen molar-refractivity contribution < 1.29 is 41.1 Å². The summed E-state index contributed by atoms with van der Waals surface area (Å²) in [7, 11) is 6.21. The van der Waals surface area contributed by atoms with Gasteiger partial charge in [-0.2, -0.15) is 13.2 Å². The molecule has 0 aromatic heterocycles. The van der Waals surface area contributed by atoms with Gasteiger partial charge in [0, 0.05) is 39.6 Å². The third-order valence-corrected chi connectivity index (χ3v) is 12.4. The maximum absolute atomic E-state index is 14.5. The SMILES string of the molecule is [C-]#[N+]c1ccc(N2C(=O)N(C)[C@@H]3C=C(c4ccc(C(=O)NC)c(F)c4)CC[C@H]32)cc1C.[C-]#[N+]c1ccc(N2C(=O)N(C)[C@H]3C=C(c4ccc(C(=O)NC)c(F)c4)CC[C@@H]32)cc1C(F)(F)F. The van der Waals surface area contributed by atoms with Crippen molar-refractivity contribution in [2.24, 2.45) is 0 Å². The van der Waals surface area contributed by atoms with E-state index in [0.29, 0.717) is 30.5 Å². The fourth-order valence-electron chi connectivity index (χ4n) is 9.00. The molecule has 12 nitrogen and oxygen atoms in total. The number of rotatable bonds is 6. The number of nitrogens with one attached hydrogen (secondary N) is 2. The minimum Gasteiger partial charge on any atom is -0.355 e. The van der Waals surface area contributed by atoms with Crippen LogP contribution in [0, 0.1) is 31.7 Å². The average Bonchev–Trinajstić information content (AvgIpc) is 3.70. The summed E-state index contributed by atoms with van der Waals surface area (Å²) in [5, 5.41) is 4.81. The Bertz CT molecular complexity index is 2770. The first-order valence-corrected chi connectivity index (χ1v) is 20.6. The van der Waals surface area contributed by atoms with E-state index in [0.717, 1.165) is 46.5 Å². The molecule has 8 rings (SSSR count). The highest BCUT2D eigenvalue weighted by molar-refractivity contribution is 5.99. The molecule has 334 valence electrons. The third-order valence-electron chi connectivity index (χ3n) is 12.4. The number of carbonyl (C=O) groups is 4. The second-order valence-corrected chi connectivity index (χ2v) is 16.0. The zero-order chi connectivity index (χ0) is 47.1. The first-order valence-electron chi connectivity index (χ1n) is 20.6. The lowest BCUT2D eigenvalue weighted by atomic mass is 9.87. The summed E-state index contributed by atoms with van der Waals surface area (Å²) in [6.45, 7) is 16.1. The summed E-state index contributed by atoms with van der Waals surface area (Å²) < 4.78 is 69.3. The lowest BCUT2D eigenvalue weighted by Crippen LogP contribution is -2.38. The molecule has 6 amide bonds. The van der Waals surface area contributed by atoms with Crippen LogP contribution in [0.4, 0.5) is 54.3 Å². The van der Waals surface area contributed by atoms with Gasteiger partial charge in [0.1, 0.15) is 11.6 Å². The van der Waals surface area contributed by atoms with Crippen molar-refractivity contribution in [1.29, 1.82) is 0 Å². The molecule has 2 saturated heterocycles. The number of hydrogen-bond donors (Lipinski definition) is 2. The molecule has 0 radical (unpaired) electrons. The molecule has 4 aromatic rings. The first-order chi connectivity index (χ1) is 30.9. The largest absolute Gasteiger partial charge is 0.407 e. The second kappa shape index (κ2) is 17.9. The summed E-state index contributed by atoms with van der Waals surface area (Å²) in [5.41, 5.74) is 3.63. The number of alkyl halides is 3. The van der Waals surface area contributed by atoms with Gasteiger partial charge in [0.05, 0.1) is 54.0 Å². The highest BCUT2D eigenvalue weighted by Gasteiger charge is 2.47. The Morgan fingerprint density at radius 3 is 1.48 bits per heavy atom. The van der Waals surface area contributed by atoms with Crippen LogP contribution in [-0.2, 0) is 6.18 Å². The molecule has 2 aliphatic carbocycles. The van der Waals surface area contributed by atoms with Gasteiger partial charge in [-0.05, 0) is 109 Å². The molecular formula is C48H43F5N8O4. The Hall–Kier alpha value is -7.53. The van der Waals surface area contributed by atoms with Gasteiger partial charge in [0.2, 0.25) is 0 Å². The van der Waals surface area contributed by atoms with Gasteiger partial charge < -0.3 is 20.4 Å². The Morgan fingerprint density at radius 2 is 1.09 bits per heavy atom. The molecule has 2 N–H and O–H groups in total. The van der Waals surface area contributed by atoms with Gasteiger partial charge in [-0.1, -0.05) is 36.4 Å². The van der Waals surface area contributed by atoms with Crippen LogP contribution in [-0.4, -0.2) is 86.0 Å². The monoisotopic (exact) mass is 890 g/mol. The number of allylic oxidation sites excluding steroid dienone is 2. The van der Waals surface area contributed by atoms with E-state index >= 15 is 0 Å². The smallest absolute Gasteiger partial charge is 0.355 e. The number of likely N-dealkylation sites (N-methyl/N-ethyl adjacent to an activating group) is 2. The molecule has 17 heteroatoms. The Labute approximate surface area is 372 Å². The topological polar surface area (TPSA) is 114 Å². The molecule has 0 spiro atoms. The molecule has 0 saturated carbocycles. The summed E-state index contributed by atoms with van der Waals surface area (Å²) in [6, 6.07) is 16.1. The van der Waals surface area contributed by atoms with Crippen LogP contribution in [0.15, 0.2) is 84.9 Å². The molecule has 2 aliphatic heterocycles. The molecule has 2 fully saturated rings. The van der Waals surface area contributed by atoms with E-state index in [9.17, 15) is 41.1 Å². The van der Waals surface area contributed by atoms with E-state index in [1.54, 1.807) is 42.1 Å². The van der Waals surface area contributed by atoms with Gasteiger partial charge in [-0.3, -0.25) is 19.4 Å². The van der Waals surface area contributed by atoms with Gasteiger partial charge in [-0.25, -0.2) is 28.1 Å². The lowest BCUT2D eigenvalue weighted by Gasteiger charge is -2.30. The molecule has 0 unspecified atom stereocenters. The predicted octanol–water partition coefficient (Wildman–Crippen LogP) is 9.77. The normalized spacial score (nSPS) is 20.1. The third kappa shape index (κ3) is 8.49. The molecular weight excluding hydrogens is 848 g/mol. The van der Waals surface area contributed by atoms with Crippen molar-refractivity contribution in [3.05, 3.63) is 153 Å². The number of fused-ring (bicyclic) bond motifs is 2. The highest BCUT2D eigenvalue weighted by atomic mass is 19.4. The van der Waals surface area contributed by atoms with E-state index in [2.05, 4.69) is 20.3 Å². The van der Waals surface area contributed by atoms with Crippen molar-refractivity contribution in [1.82, 2.24) is 20.4 Å². The second-order valence-electron chi connectivity index (χ2n) is 16.0. The quantitative estimate of drug-likeness (QED) is 0.148. The zero-order valence-electron chi connectivity index (χ0n) is 35.9. The fraction of sp³-hybridized carbons (Fsp3) is 0.292. The van der Waals surface area contributed by atoms with Crippen LogP contribution in [0.2, 0.25) is 0 Å². The fourth-order valence-corrected chi connectivity index (χ4v) is 9.00. The van der Waals surface area contributed by atoms with Crippen LogP contribution in [0.25, 0.3) is 20.8 Å². The van der Waals surface area contributed by atoms with Crippen molar-refractivity contribution in [3.8, 4) is 0 Å². The van der Waals surface area contributed by atoms with Gasteiger partial charge in [-0.15, -0.1) is 0 Å². The molecule has 4 aromatic carbocycles. The summed E-state index contributed by atoms with van der Waals surface area (Å²) in [5.74, 6) is -2.23. The first kappa shape index (κ1) is 45.5. The van der Waals surface area contributed by atoms with Crippen molar-refractivity contribution in [3.63, 3.8) is 0 Å². The summed E-state index contributed by atoms with van der Waals surface area (Å²) in [6.07, 6.45) is 1.45. The van der Waals surface area contributed by atoms with E-state index < -0.39 is 59.0 Å². The van der Waals surface area contributed by atoms with Crippen LogP contribution >= 0.6 is 0 Å². The standard InChI is InChI=1S/C24H20F4N4O2.C24H23FN4O2/c1-29-19-8-6-15(12-17(19)24(26,27)28)32-20-9-5-14(11-21(20)31(3)23(32)34)13-4-7-16(18(25)10-13)22(33)30-2;1-14-11-17(7-9-20(14)26-2)29-21-10-6-16(13-22(21)28(4)24(29)31)15-5-8-18(19(25)12-15)23(30)27-3/h4,6-8,10-12,20-21H,5,9H2,2-3H3,(H,30,33);5,7-9,11-13,21-22H,6,10H2,1,3-4H3,(H,27,30)/t20-,21-;21-,22-/m01/s1. The Balaban J connectivity index is 0.000000195. The minimum absolute atomic E-state index is 0.0121. The van der Waals surface area contributed by atoms with E-state index in [1.165, 1.54) is 54.2 Å². The number of benzene rings is 4. The number of amides is 6. The number of halogens is 5. The molecule has 65 heavy (non-hydrogen) atoms. The van der Waals surface area contributed by atoms with Crippen LogP contribution in [0.1, 0.15) is 68.7 Å². The Morgan fingerprint density at radius 1 is 0.662 bits per heavy atom.